The Morgan fingerprint density at radius 1 is 1.30 bits per heavy atom. The predicted molar refractivity (Wildman–Crippen MR) is 75.4 cm³/mol. The van der Waals surface area contributed by atoms with E-state index in [0.29, 0.717) is 18.8 Å². The van der Waals surface area contributed by atoms with Crippen LogP contribution in [-0.2, 0) is 14.8 Å². The van der Waals surface area contributed by atoms with Gasteiger partial charge in [-0.3, -0.25) is 0 Å². The molecule has 2 rings (SSSR count). The minimum Gasteiger partial charge on any atom is -0.497 e. The molecule has 7 heteroatoms. The number of nitrogens with zero attached hydrogens (tertiary/aromatic N) is 1. The molecule has 1 N–H and O–H groups in total. The molecular formula is C13H20N2O4S. The summed E-state index contributed by atoms with van der Waals surface area (Å²) in [6, 6.07) is 6.16. The summed E-state index contributed by atoms with van der Waals surface area (Å²) in [5.74, 6) is 0.514. The third-order valence-electron chi connectivity index (χ3n) is 3.41. The molecule has 2 atom stereocenters. The highest BCUT2D eigenvalue weighted by molar-refractivity contribution is 7.89. The van der Waals surface area contributed by atoms with Crippen LogP contribution in [0.3, 0.4) is 0 Å². The van der Waals surface area contributed by atoms with Crippen molar-refractivity contribution < 1.29 is 17.9 Å². The van der Waals surface area contributed by atoms with Crippen molar-refractivity contribution in [2.45, 2.75) is 17.0 Å². The van der Waals surface area contributed by atoms with Crippen LogP contribution in [0.15, 0.2) is 29.2 Å². The van der Waals surface area contributed by atoms with Gasteiger partial charge in [-0.05, 0) is 19.2 Å². The fourth-order valence-corrected chi connectivity index (χ4v) is 3.64. The monoisotopic (exact) mass is 300 g/mol. The van der Waals surface area contributed by atoms with E-state index in [0.717, 1.165) is 0 Å². The van der Waals surface area contributed by atoms with Gasteiger partial charge in [0.25, 0.3) is 0 Å². The maximum absolute atomic E-state index is 12.4. The van der Waals surface area contributed by atoms with Crippen molar-refractivity contribution in [3.63, 3.8) is 0 Å². The first-order chi connectivity index (χ1) is 9.46. The lowest BCUT2D eigenvalue weighted by molar-refractivity contribution is 0.0969. The third-order valence-corrected chi connectivity index (χ3v) is 4.90. The molecule has 1 aliphatic rings. The van der Waals surface area contributed by atoms with Crippen LogP contribution in [0.5, 0.6) is 5.75 Å². The number of benzene rings is 1. The molecule has 1 aromatic carbocycles. The first-order valence-electron chi connectivity index (χ1n) is 6.34. The zero-order valence-corrected chi connectivity index (χ0v) is 12.7. The number of likely N-dealkylation sites (tertiary alicyclic amines) is 1. The fourth-order valence-electron chi connectivity index (χ4n) is 2.35. The smallest absolute Gasteiger partial charge is 0.241 e. The van der Waals surface area contributed by atoms with E-state index in [2.05, 4.69) is 4.72 Å². The summed E-state index contributed by atoms with van der Waals surface area (Å²) in [6.45, 7) is 1.34. The van der Waals surface area contributed by atoms with Crippen LogP contribution < -0.4 is 9.46 Å². The Hall–Kier alpha value is -1.15. The van der Waals surface area contributed by atoms with Gasteiger partial charge in [-0.2, -0.15) is 0 Å². The normalized spacial score (nSPS) is 23.9. The molecule has 1 saturated heterocycles. The number of hydrogen-bond donors (Lipinski definition) is 1. The van der Waals surface area contributed by atoms with Crippen molar-refractivity contribution in [2.75, 3.05) is 34.4 Å². The minimum absolute atomic E-state index is 0.139. The molecule has 112 valence electrons. The summed E-state index contributed by atoms with van der Waals surface area (Å²) in [5.41, 5.74) is 0. The van der Waals surface area contributed by atoms with Crippen LogP contribution >= 0.6 is 0 Å². The first-order valence-corrected chi connectivity index (χ1v) is 7.82. The van der Waals surface area contributed by atoms with Crippen LogP contribution in [0.4, 0.5) is 0 Å². The Bertz CT molecular complexity index is 561. The van der Waals surface area contributed by atoms with Crippen molar-refractivity contribution >= 4 is 10.0 Å². The van der Waals surface area contributed by atoms with Gasteiger partial charge >= 0.3 is 0 Å². The van der Waals surface area contributed by atoms with Crippen molar-refractivity contribution in [3.8, 4) is 5.75 Å². The Morgan fingerprint density at radius 3 is 2.70 bits per heavy atom. The zero-order chi connectivity index (χ0) is 14.8. The largest absolute Gasteiger partial charge is 0.497 e. The Labute approximate surface area is 119 Å². The molecule has 0 amide bonds. The molecule has 1 aromatic rings. The van der Waals surface area contributed by atoms with Crippen molar-refractivity contribution in [1.82, 2.24) is 9.62 Å². The van der Waals surface area contributed by atoms with Gasteiger partial charge in [0.05, 0.1) is 24.2 Å². The lowest BCUT2D eigenvalue weighted by Gasteiger charge is -2.18. The second-order valence-electron chi connectivity index (χ2n) is 4.90. The van der Waals surface area contributed by atoms with Crippen LogP contribution in [0, 0.1) is 0 Å². The minimum atomic E-state index is -3.58. The van der Waals surface area contributed by atoms with E-state index in [4.69, 9.17) is 9.47 Å². The fraction of sp³-hybridized carbons (Fsp3) is 0.538. The van der Waals surface area contributed by atoms with Gasteiger partial charge in [-0.1, -0.05) is 6.07 Å². The van der Waals surface area contributed by atoms with E-state index in [1.807, 2.05) is 11.9 Å². The molecule has 0 aromatic heterocycles. The number of ether oxygens (including phenoxy) is 2. The maximum Gasteiger partial charge on any atom is 0.241 e. The molecule has 6 nitrogen and oxygen atoms in total. The lowest BCUT2D eigenvalue weighted by Crippen LogP contribution is -2.43. The van der Waals surface area contributed by atoms with Crippen LogP contribution in [0.1, 0.15) is 0 Å². The summed E-state index contributed by atoms with van der Waals surface area (Å²) >= 11 is 0. The summed E-state index contributed by atoms with van der Waals surface area (Å²) in [6.07, 6.45) is -0.139. The second-order valence-corrected chi connectivity index (χ2v) is 6.62. The molecular weight excluding hydrogens is 280 g/mol. The van der Waals surface area contributed by atoms with Crippen molar-refractivity contribution in [2.24, 2.45) is 0 Å². The predicted octanol–water partition coefficient (Wildman–Crippen LogP) is 0.302. The molecule has 1 aliphatic heterocycles. The van der Waals surface area contributed by atoms with E-state index in [1.165, 1.54) is 13.2 Å². The second kappa shape index (κ2) is 6.09. The highest BCUT2D eigenvalue weighted by Gasteiger charge is 2.34. The highest BCUT2D eigenvalue weighted by atomic mass is 32.2. The average Bonchev–Trinajstić information content (AvgIpc) is 2.78. The summed E-state index contributed by atoms with van der Waals surface area (Å²) in [4.78, 5) is 2.23. The van der Waals surface area contributed by atoms with Gasteiger partial charge in [-0.15, -0.1) is 0 Å². The molecule has 0 spiro atoms. The molecule has 0 aliphatic carbocycles. The summed E-state index contributed by atoms with van der Waals surface area (Å²) < 4.78 is 37.9. The van der Waals surface area contributed by atoms with Gasteiger partial charge < -0.3 is 14.4 Å². The van der Waals surface area contributed by atoms with Crippen LogP contribution in [-0.4, -0.2) is 59.8 Å². The van der Waals surface area contributed by atoms with Gasteiger partial charge in [0, 0.05) is 26.3 Å². The van der Waals surface area contributed by atoms with Gasteiger partial charge in [-0.25, -0.2) is 13.1 Å². The first kappa shape index (κ1) is 15.2. The zero-order valence-electron chi connectivity index (χ0n) is 11.9. The van der Waals surface area contributed by atoms with Gasteiger partial charge in [0.15, 0.2) is 0 Å². The quantitative estimate of drug-likeness (QED) is 0.847. The Morgan fingerprint density at radius 2 is 2.05 bits per heavy atom. The summed E-state index contributed by atoms with van der Waals surface area (Å²) in [7, 11) is 1.46. The molecule has 0 saturated carbocycles. The molecule has 0 unspecified atom stereocenters. The van der Waals surface area contributed by atoms with E-state index in [1.54, 1.807) is 25.3 Å². The molecule has 0 bridgehead atoms. The Kier molecular flexibility index (Phi) is 4.64. The average molecular weight is 300 g/mol. The third kappa shape index (κ3) is 3.29. The number of sulfonamides is 1. The molecule has 0 radical (unpaired) electrons. The number of likely N-dealkylation sites (N-methyl/N-ethyl adjacent to an activating group) is 1. The van der Waals surface area contributed by atoms with E-state index in [9.17, 15) is 8.42 Å². The SMILES string of the molecule is COc1cccc(S(=O)(=O)N[C@H]2CN(C)C[C@@H]2OC)c1. The molecule has 1 fully saturated rings. The summed E-state index contributed by atoms with van der Waals surface area (Å²) in [5, 5.41) is 0. The van der Waals surface area contributed by atoms with Crippen molar-refractivity contribution in [3.05, 3.63) is 24.3 Å². The number of rotatable bonds is 5. The Balaban J connectivity index is 2.18. The van der Waals surface area contributed by atoms with Gasteiger partial charge in [0.1, 0.15) is 5.75 Å². The van der Waals surface area contributed by atoms with Crippen molar-refractivity contribution in [1.29, 1.82) is 0 Å². The lowest BCUT2D eigenvalue weighted by atomic mass is 10.2. The number of nitrogens with one attached hydrogen (secondary N) is 1. The molecule has 20 heavy (non-hydrogen) atoms. The van der Waals surface area contributed by atoms with Crippen LogP contribution in [0.25, 0.3) is 0 Å². The van der Waals surface area contributed by atoms with Crippen LogP contribution in [0.2, 0.25) is 0 Å². The standard InChI is InChI=1S/C13H20N2O4S/c1-15-8-12(13(9-15)19-3)14-20(16,17)11-6-4-5-10(7-11)18-2/h4-7,12-14H,8-9H2,1-3H3/t12-,13-/m0/s1. The topological polar surface area (TPSA) is 67.9 Å². The maximum atomic E-state index is 12.4. The van der Waals surface area contributed by atoms with Gasteiger partial charge in [0.2, 0.25) is 10.0 Å². The number of hydrogen-bond acceptors (Lipinski definition) is 5. The van der Waals surface area contributed by atoms with E-state index in [-0.39, 0.29) is 17.0 Å². The number of methoxy groups -OCH3 is 2. The molecule has 1 heterocycles. The van der Waals surface area contributed by atoms with E-state index >= 15 is 0 Å². The van der Waals surface area contributed by atoms with E-state index < -0.39 is 10.0 Å². The highest BCUT2D eigenvalue weighted by Crippen LogP contribution is 2.19.